The molecule has 1 saturated heterocycles. The molecule has 0 spiro atoms. The fourth-order valence-corrected chi connectivity index (χ4v) is 3.29. The van der Waals surface area contributed by atoms with Crippen LogP contribution < -0.4 is 10.6 Å². The number of fused-ring (bicyclic) bond motifs is 1. The molecular formula is C17H25N3O6. The predicted octanol–water partition coefficient (Wildman–Crippen LogP) is 0.331. The summed E-state index contributed by atoms with van der Waals surface area (Å²) >= 11 is 0. The van der Waals surface area contributed by atoms with Crippen molar-refractivity contribution in [1.82, 2.24) is 15.5 Å². The molecule has 2 rings (SSSR count). The van der Waals surface area contributed by atoms with Crippen LogP contribution in [0, 0.1) is 11.8 Å². The van der Waals surface area contributed by atoms with E-state index in [1.54, 1.807) is 0 Å². The summed E-state index contributed by atoms with van der Waals surface area (Å²) < 4.78 is 4.77. The Balaban J connectivity index is 1.73. The SMILES string of the molecule is CCCCNC(=O)NC(=O)COC(=O)CN1C(=O)C2CCCCC2C1=O. The van der Waals surface area contributed by atoms with Gasteiger partial charge in [-0.2, -0.15) is 0 Å². The second-order valence-electron chi connectivity index (χ2n) is 6.58. The normalized spacial score (nSPS) is 22.0. The molecule has 2 aliphatic rings. The largest absolute Gasteiger partial charge is 0.454 e. The topological polar surface area (TPSA) is 122 Å². The Morgan fingerprint density at radius 1 is 1.12 bits per heavy atom. The van der Waals surface area contributed by atoms with Crippen molar-refractivity contribution in [2.24, 2.45) is 11.8 Å². The van der Waals surface area contributed by atoms with Crippen LogP contribution in [-0.2, 0) is 23.9 Å². The Hall–Kier alpha value is -2.45. The summed E-state index contributed by atoms with van der Waals surface area (Å²) in [5.41, 5.74) is 0. The summed E-state index contributed by atoms with van der Waals surface area (Å²) in [6.07, 6.45) is 4.82. The summed E-state index contributed by atoms with van der Waals surface area (Å²) in [5.74, 6) is -2.97. The molecule has 2 fully saturated rings. The molecule has 0 bridgehead atoms. The zero-order valence-electron chi connectivity index (χ0n) is 14.9. The van der Waals surface area contributed by atoms with Crippen LogP contribution >= 0.6 is 0 Å². The first kappa shape index (κ1) is 19.9. The molecule has 1 saturated carbocycles. The third kappa shape index (κ3) is 5.03. The number of unbranched alkanes of at least 4 members (excludes halogenated alkanes) is 1. The highest BCUT2D eigenvalue weighted by Crippen LogP contribution is 2.37. The molecule has 26 heavy (non-hydrogen) atoms. The Morgan fingerprint density at radius 3 is 2.31 bits per heavy atom. The second kappa shape index (κ2) is 9.30. The number of esters is 1. The van der Waals surface area contributed by atoms with Crippen molar-refractivity contribution in [2.45, 2.75) is 45.4 Å². The minimum absolute atomic E-state index is 0.334. The van der Waals surface area contributed by atoms with Crippen molar-refractivity contribution >= 4 is 29.7 Å². The summed E-state index contributed by atoms with van der Waals surface area (Å²) in [6.45, 7) is 1.26. The van der Waals surface area contributed by atoms with Gasteiger partial charge in [0.15, 0.2) is 6.61 Å². The number of nitrogens with zero attached hydrogens (tertiary/aromatic N) is 1. The molecule has 9 nitrogen and oxygen atoms in total. The number of rotatable bonds is 7. The summed E-state index contributed by atoms with van der Waals surface area (Å²) in [4.78, 5) is 60.3. The average Bonchev–Trinajstić information content (AvgIpc) is 2.85. The number of nitrogens with one attached hydrogen (secondary N) is 2. The number of likely N-dealkylation sites (tertiary alicyclic amines) is 1. The number of hydrogen-bond acceptors (Lipinski definition) is 6. The summed E-state index contributed by atoms with van der Waals surface area (Å²) in [7, 11) is 0. The lowest BCUT2D eigenvalue weighted by Gasteiger charge is -2.19. The molecule has 2 N–H and O–H groups in total. The van der Waals surface area contributed by atoms with Crippen LogP contribution in [0.5, 0.6) is 0 Å². The molecule has 0 radical (unpaired) electrons. The molecular weight excluding hydrogens is 342 g/mol. The van der Waals surface area contributed by atoms with E-state index in [2.05, 4.69) is 5.32 Å². The van der Waals surface area contributed by atoms with Crippen LogP contribution in [0.1, 0.15) is 45.4 Å². The minimum atomic E-state index is -0.855. The lowest BCUT2D eigenvalue weighted by atomic mass is 9.81. The van der Waals surface area contributed by atoms with E-state index < -0.39 is 31.1 Å². The smallest absolute Gasteiger partial charge is 0.326 e. The minimum Gasteiger partial charge on any atom is -0.454 e. The van der Waals surface area contributed by atoms with E-state index in [4.69, 9.17) is 4.74 Å². The maximum Gasteiger partial charge on any atom is 0.326 e. The first-order chi connectivity index (χ1) is 12.4. The van der Waals surface area contributed by atoms with Crippen molar-refractivity contribution in [3.05, 3.63) is 0 Å². The Kier molecular flexibility index (Phi) is 7.11. The Labute approximate surface area is 151 Å². The molecule has 9 heteroatoms. The van der Waals surface area contributed by atoms with E-state index in [0.717, 1.165) is 30.6 Å². The molecule has 1 heterocycles. The number of amides is 5. The third-order valence-corrected chi connectivity index (χ3v) is 4.65. The van der Waals surface area contributed by atoms with Gasteiger partial charge < -0.3 is 10.1 Å². The van der Waals surface area contributed by atoms with E-state index in [-0.39, 0.29) is 23.7 Å². The molecule has 1 aliphatic heterocycles. The maximum atomic E-state index is 12.3. The first-order valence-corrected chi connectivity index (χ1v) is 9.02. The van der Waals surface area contributed by atoms with Crippen LogP contribution in [0.2, 0.25) is 0 Å². The molecule has 144 valence electrons. The van der Waals surface area contributed by atoms with E-state index >= 15 is 0 Å². The Morgan fingerprint density at radius 2 is 1.73 bits per heavy atom. The van der Waals surface area contributed by atoms with Crippen LogP contribution in [0.4, 0.5) is 4.79 Å². The van der Waals surface area contributed by atoms with Crippen molar-refractivity contribution in [3.8, 4) is 0 Å². The van der Waals surface area contributed by atoms with Gasteiger partial charge >= 0.3 is 12.0 Å². The number of hydrogen-bond donors (Lipinski definition) is 2. The van der Waals surface area contributed by atoms with Gasteiger partial charge in [0.25, 0.3) is 5.91 Å². The summed E-state index contributed by atoms with van der Waals surface area (Å²) in [5, 5.41) is 4.52. The van der Waals surface area contributed by atoms with Gasteiger partial charge in [-0.05, 0) is 19.3 Å². The van der Waals surface area contributed by atoms with Gasteiger partial charge in [0.1, 0.15) is 6.54 Å². The van der Waals surface area contributed by atoms with Crippen molar-refractivity contribution < 1.29 is 28.7 Å². The molecule has 1 aliphatic carbocycles. The van der Waals surface area contributed by atoms with E-state index in [1.165, 1.54) is 0 Å². The summed E-state index contributed by atoms with van der Waals surface area (Å²) in [6, 6.07) is -0.659. The molecule has 5 amide bonds. The average molecular weight is 367 g/mol. The van der Waals surface area contributed by atoms with E-state index in [1.807, 2.05) is 12.2 Å². The highest BCUT2D eigenvalue weighted by atomic mass is 16.5. The van der Waals surface area contributed by atoms with Gasteiger partial charge in [-0.3, -0.25) is 29.4 Å². The standard InChI is InChI=1S/C17H25N3O6/c1-2-3-8-18-17(25)19-13(21)10-26-14(22)9-20-15(23)11-6-4-5-7-12(11)16(20)24/h11-12H,2-10H2,1H3,(H2,18,19,21,25). The van der Waals surface area contributed by atoms with Crippen molar-refractivity contribution in [1.29, 1.82) is 0 Å². The quantitative estimate of drug-likeness (QED) is 0.380. The number of carbonyl (C=O) groups is 5. The molecule has 0 aromatic carbocycles. The van der Waals surface area contributed by atoms with Crippen LogP contribution in [0.25, 0.3) is 0 Å². The van der Waals surface area contributed by atoms with Gasteiger partial charge in [0.2, 0.25) is 11.8 Å². The maximum absolute atomic E-state index is 12.3. The van der Waals surface area contributed by atoms with Gasteiger partial charge in [0.05, 0.1) is 11.8 Å². The van der Waals surface area contributed by atoms with Crippen LogP contribution in [-0.4, -0.2) is 54.3 Å². The molecule has 0 aromatic heterocycles. The lowest BCUT2D eigenvalue weighted by molar-refractivity contribution is -0.154. The van der Waals surface area contributed by atoms with Gasteiger partial charge in [-0.25, -0.2) is 4.79 Å². The zero-order valence-corrected chi connectivity index (χ0v) is 14.9. The second-order valence-corrected chi connectivity index (χ2v) is 6.58. The van der Waals surface area contributed by atoms with Gasteiger partial charge in [0, 0.05) is 6.54 Å². The van der Waals surface area contributed by atoms with E-state index in [9.17, 15) is 24.0 Å². The zero-order chi connectivity index (χ0) is 19.1. The van der Waals surface area contributed by atoms with Gasteiger partial charge in [-0.15, -0.1) is 0 Å². The predicted molar refractivity (Wildman–Crippen MR) is 89.6 cm³/mol. The monoisotopic (exact) mass is 367 g/mol. The fraction of sp³-hybridized carbons (Fsp3) is 0.706. The Bertz CT molecular complexity index is 567. The van der Waals surface area contributed by atoms with Crippen molar-refractivity contribution in [3.63, 3.8) is 0 Å². The molecule has 0 aromatic rings. The molecule has 2 unspecified atom stereocenters. The highest BCUT2D eigenvalue weighted by Gasteiger charge is 2.48. The fourth-order valence-electron chi connectivity index (χ4n) is 3.29. The van der Waals surface area contributed by atoms with Gasteiger partial charge in [-0.1, -0.05) is 26.2 Å². The third-order valence-electron chi connectivity index (χ3n) is 4.65. The van der Waals surface area contributed by atoms with Crippen LogP contribution in [0.15, 0.2) is 0 Å². The number of urea groups is 1. The lowest BCUT2D eigenvalue weighted by Crippen LogP contribution is -2.42. The van der Waals surface area contributed by atoms with Crippen LogP contribution in [0.3, 0.4) is 0 Å². The first-order valence-electron chi connectivity index (χ1n) is 9.02. The van der Waals surface area contributed by atoms with E-state index in [0.29, 0.717) is 19.4 Å². The van der Waals surface area contributed by atoms with Crippen molar-refractivity contribution in [2.75, 3.05) is 19.7 Å². The number of ether oxygens (including phenoxy) is 1. The molecule has 2 atom stereocenters. The highest BCUT2D eigenvalue weighted by molar-refractivity contribution is 6.07. The number of carbonyl (C=O) groups excluding carboxylic acids is 5. The number of imide groups is 2.